The average molecular weight is 308 g/mol. The quantitative estimate of drug-likeness (QED) is 0.570. The molecule has 0 unspecified atom stereocenters. The van der Waals surface area contributed by atoms with Crippen molar-refractivity contribution < 1.29 is 23.7 Å². The number of allylic oxidation sites excluding steroid dienone is 2. The van der Waals surface area contributed by atoms with Crippen molar-refractivity contribution in [1.82, 2.24) is 0 Å². The summed E-state index contributed by atoms with van der Waals surface area (Å²) in [4.78, 5) is 12.1. The first-order chi connectivity index (χ1) is 10.4. The molecule has 0 saturated heterocycles. The van der Waals surface area contributed by atoms with Crippen LogP contribution in [0.5, 0.6) is 23.0 Å². The topological polar surface area (TPSA) is 54.0 Å². The third kappa shape index (κ3) is 3.35. The van der Waals surface area contributed by atoms with Crippen molar-refractivity contribution in [2.24, 2.45) is 0 Å². The largest absolute Gasteiger partial charge is 0.495 e. The van der Waals surface area contributed by atoms with Gasteiger partial charge in [-0.1, -0.05) is 11.6 Å². The second-order valence-corrected chi connectivity index (χ2v) is 5.03. The second-order valence-electron chi connectivity index (χ2n) is 5.03. The maximum absolute atomic E-state index is 12.1. The van der Waals surface area contributed by atoms with Crippen molar-refractivity contribution >= 4 is 5.78 Å². The summed E-state index contributed by atoms with van der Waals surface area (Å²) in [5.74, 6) is 1.53. The van der Waals surface area contributed by atoms with E-state index < -0.39 is 0 Å². The number of carbonyl (C=O) groups is 1. The molecule has 0 fully saturated rings. The number of methoxy groups -OCH3 is 4. The summed E-state index contributed by atoms with van der Waals surface area (Å²) < 4.78 is 21.8. The van der Waals surface area contributed by atoms with E-state index in [0.717, 1.165) is 11.1 Å². The van der Waals surface area contributed by atoms with Gasteiger partial charge in [-0.25, -0.2) is 0 Å². The first-order valence-corrected chi connectivity index (χ1v) is 6.95. The molecule has 122 valence electrons. The molecule has 1 aromatic rings. The normalized spacial score (nSPS) is 9.95. The summed E-state index contributed by atoms with van der Waals surface area (Å²) in [7, 11) is 6.08. The lowest BCUT2D eigenvalue weighted by Gasteiger charge is -2.21. The van der Waals surface area contributed by atoms with Crippen molar-refractivity contribution in [2.45, 2.75) is 27.2 Å². The zero-order chi connectivity index (χ0) is 16.9. The Morgan fingerprint density at radius 1 is 0.818 bits per heavy atom. The molecule has 0 saturated carbocycles. The molecule has 1 rings (SSSR count). The predicted molar refractivity (Wildman–Crippen MR) is 85.8 cm³/mol. The van der Waals surface area contributed by atoms with Gasteiger partial charge in [-0.2, -0.15) is 0 Å². The highest BCUT2D eigenvalue weighted by atomic mass is 16.5. The predicted octanol–water partition coefficient (Wildman–Crippen LogP) is 3.43. The first-order valence-electron chi connectivity index (χ1n) is 6.95. The van der Waals surface area contributed by atoms with Gasteiger partial charge >= 0.3 is 0 Å². The molecule has 0 heterocycles. The summed E-state index contributed by atoms with van der Waals surface area (Å²) in [6, 6.07) is 0. The highest BCUT2D eigenvalue weighted by molar-refractivity contribution is 6.02. The van der Waals surface area contributed by atoms with Crippen molar-refractivity contribution in [2.75, 3.05) is 28.4 Å². The van der Waals surface area contributed by atoms with Gasteiger partial charge in [-0.05, 0) is 27.2 Å². The second kappa shape index (κ2) is 7.73. The zero-order valence-corrected chi connectivity index (χ0v) is 14.3. The minimum absolute atomic E-state index is 0.159. The monoisotopic (exact) mass is 308 g/mol. The number of Topliss-reactive ketones (excluding diaryl/α,β-unsaturated/α-hetero) is 1. The molecule has 22 heavy (non-hydrogen) atoms. The standard InChI is InChI=1S/C17H24O5/c1-10(2)8-9-12-14(19-4)13(11(3)18)16(21-6)17(22-7)15(12)20-5/h8H,9H2,1-7H3. The lowest BCUT2D eigenvalue weighted by atomic mass is 9.99. The molecule has 0 amide bonds. The van der Waals surface area contributed by atoms with Crippen LogP contribution in [0, 0.1) is 0 Å². The Hall–Kier alpha value is -2.17. The number of carbonyl (C=O) groups excluding carboxylic acids is 1. The van der Waals surface area contributed by atoms with E-state index in [9.17, 15) is 4.79 Å². The van der Waals surface area contributed by atoms with Gasteiger partial charge in [0.05, 0.1) is 28.4 Å². The fourth-order valence-electron chi connectivity index (χ4n) is 2.34. The fourth-order valence-corrected chi connectivity index (χ4v) is 2.34. The molecule has 0 aliphatic carbocycles. The van der Waals surface area contributed by atoms with Gasteiger partial charge in [0.2, 0.25) is 5.75 Å². The molecule has 0 N–H and O–H groups in total. The lowest BCUT2D eigenvalue weighted by molar-refractivity contribution is 0.101. The van der Waals surface area contributed by atoms with Crippen LogP contribution in [0.25, 0.3) is 0 Å². The number of hydrogen-bond donors (Lipinski definition) is 0. The lowest BCUT2D eigenvalue weighted by Crippen LogP contribution is -2.09. The summed E-state index contributed by atoms with van der Waals surface area (Å²) in [5.41, 5.74) is 2.28. The number of ketones is 1. The molecule has 0 bridgehead atoms. The third-order valence-corrected chi connectivity index (χ3v) is 3.30. The maximum atomic E-state index is 12.1. The number of hydrogen-bond acceptors (Lipinski definition) is 5. The maximum Gasteiger partial charge on any atom is 0.204 e. The van der Waals surface area contributed by atoms with Crippen LogP contribution >= 0.6 is 0 Å². The van der Waals surface area contributed by atoms with Gasteiger partial charge in [0, 0.05) is 5.56 Å². The Labute approximate surface area is 131 Å². The molecule has 0 aliphatic heterocycles. The Balaban J connectivity index is 3.82. The summed E-state index contributed by atoms with van der Waals surface area (Å²) in [6.45, 7) is 5.48. The van der Waals surface area contributed by atoms with Crippen molar-refractivity contribution in [3.05, 3.63) is 22.8 Å². The minimum atomic E-state index is -0.159. The van der Waals surface area contributed by atoms with E-state index in [4.69, 9.17) is 18.9 Å². The van der Waals surface area contributed by atoms with Crippen LogP contribution in [-0.2, 0) is 6.42 Å². The van der Waals surface area contributed by atoms with Crippen molar-refractivity contribution in [3.8, 4) is 23.0 Å². The Morgan fingerprint density at radius 2 is 1.32 bits per heavy atom. The molecule has 1 aromatic carbocycles. The van der Waals surface area contributed by atoms with Crippen molar-refractivity contribution in [3.63, 3.8) is 0 Å². The van der Waals surface area contributed by atoms with Gasteiger partial charge in [0.1, 0.15) is 11.3 Å². The van der Waals surface area contributed by atoms with Gasteiger partial charge in [0.15, 0.2) is 17.3 Å². The third-order valence-electron chi connectivity index (χ3n) is 3.30. The average Bonchev–Trinajstić information content (AvgIpc) is 2.49. The van der Waals surface area contributed by atoms with Gasteiger partial charge in [0.25, 0.3) is 0 Å². The Morgan fingerprint density at radius 3 is 1.68 bits per heavy atom. The highest BCUT2D eigenvalue weighted by Crippen LogP contribution is 2.49. The van der Waals surface area contributed by atoms with Gasteiger partial charge in [-0.15, -0.1) is 0 Å². The van der Waals surface area contributed by atoms with Crippen LogP contribution in [0.4, 0.5) is 0 Å². The van der Waals surface area contributed by atoms with Gasteiger partial charge < -0.3 is 18.9 Å². The molecule has 0 spiro atoms. The molecular formula is C17H24O5. The van der Waals surface area contributed by atoms with E-state index in [1.54, 1.807) is 7.11 Å². The van der Waals surface area contributed by atoms with Crippen LogP contribution in [0.2, 0.25) is 0 Å². The summed E-state index contributed by atoms with van der Waals surface area (Å²) in [6.07, 6.45) is 2.60. The molecule has 5 heteroatoms. The molecular weight excluding hydrogens is 284 g/mol. The molecule has 0 atom stereocenters. The van der Waals surface area contributed by atoms with Crippen LogP contribution in [-0.4, -0.2) is 34.2 Å². The van der Waals surface area contributed by atoms with Crippen LogP contribution in [0.15, 0.2) is 11.6 Å². The first kappa shape index (κ1) is 17.9. The van der Waals surface area contributed by atoms with E-state index >= 15 is 0 Å². The Bertz CT molecular complexity index is 583. The minimum Gasteiger partial charge on any atom is -0.495 e. The molecule has 0 aromatic heterocycles. The SMILES string of the molecule is COc1c(CC=C(C)C)c(OC)c(C(C)=O)c(OC)c1OC. The zero-order valence-electron chi connectivity index (χ0n) is 14.3. The van der Waals surface area contributed by atoms with Crippen molar-refractivity contribution in [1.29, 1.82) is 0 Å². The van der Waals surface area contributed by atoms with Gasteiger partial charge in [-0.3, -0.25) is 4.79 Å². The number of ether oxygens (including phenoxy) is 4. The number of rotatable bonds is 7. The fraction of sp³-hybridized carbons (Fsp3) is 0.471. The van der Waals surface area contributed by atoms with E-state index in [1.165, 1.54) is 28.3 Å². The van der Waals surface area contributed by atoms with Crippen LogP contribution in [0.3, 0.4) is 0 Å². The van der Waals surface area contributed by atoms with E-state index in [-0.39, 0.29) is 5.78 Å². The van der Waals surface area contributed by atoms with Crippen LogP contribution < -0.4 is 18.9 Å². The van der Waals surface area contributed by atoms with Crippen LogP contribution in [0.1, 0.15) is 36.7 Å². The molecule has 5 nitrogen and oxygen atoms in total. The van der Waals surface area contributed by atoms with E-state index in [0.29, 0.717) is 35.0 Å². The highest BCUT2D eigenvalue weighted by Gasteiger charge is 2.28. The molecule has 0 aliphatic rings. The van der Waals surface area contributed by atoms with E-state index in [2.05, 4.69) is 0 Å². The summed E-state index contributed by atoms with van der Waals surface area (Å²) in [5, 5.41) is 0. The Kier molecular flexibility index (Phi) is 6.28. The van der Waals surface area contributed by atoms with E-state index in [1.807, 2.05) is 19.9 Å². The smallest absolute Gasteiger partial charge is 0.204 e. The number of benzene rings is 1. The molecule has 0 radical (unpaired) electrons. The summed E-state index contributed by atoms with van der Waals surface area (Å²) >= 11 is 0.